The molecule has 0 saturated heterocycles. The third kappa shape index (κ3) is 3.91. The van der Waals surface area contributed by atoms with E-state index in [1.165, 1.54) is 12.4 Å². The lowest BCUT2D eigenvalue weighted by atomic mass is 10.1. The van der Waals surface area contributed by atoms with Crippen LogP contribution in [0.3, 0.4) is 0 Å². The van der Waals surface area contributed by atoms with Crippen LogP contribution in [0.1, 0.15) is 12.5 Å². The molecule has 0 aliphatic carbocycles. The molecule has 2 rings (SSSR count). The summed E-state index contributed by atoms with van der Waals surface area (Å²) in [4.78, 5) is 8.21. The molecule has 0 atom stereocenters. The first-order chi connectivity index (χ1) is 9.29. The fraction of sp³-hybridized carbons (Fsp3) is 0.286. The number of halogens is 1. The fourth-order valence-corrected chi connectivity index (χ4v) is 1.76. The highest BCUT2D eigenvalue weighted by Crippen LogP contribution is 2.10. The second-order valence-electron chi connectivity index (χ2n) is 4.09. The van der Waals surface area contributed by atoms with Gasteiger partial charge in [-0.25, -0.2) is 14.4 Å². The van der Waals surface area contributed by atoms with E-state index in [9.17, 15) is 4.39 Å². The summed E-state index contributed by atoms with van der Waals surface area (Å²) in [5.41, 5.74) is 0.705. The van der Waals surface area contributed by atoms with E-state index in [-0.39, 0.29) is 5.82 Å². The maximum atomic E-state index is 13.4. The van der Waals surface area contributed by atoms with E-state index in [0.29, 0.717) is 18.5 Å². The molecular formula is C14H17FN4. The number of hydrogen-bond donors (Lipinski definition) is 2. The molecule has 0 bridgehead atoms. The molecule has 1 heterocycles. The zero-order chi connectivity index (χ0) is 13.5. The monoisotopic (exact) mass is 260 g/mol. The predicted octanol–water partition coefficient (Wildman–Crippen LogP) is 2.70. The molecule has 0 unspecified atom stereocenters. The Hall–Kier alpha value is -2.17. The zero-order valence-corrected chi connectivity index (χ0v) is 10.9. The molecule has 0 saturated carbocycles. The van der Waals surface area contributed by atoms with Gasteiger partial charge in [0.1, 0.15) is 23.8 Å². The van der Waals surface area contributed by atoms with Gasteiger partial charge in [0, 0.05) is 19.2 Å². The lowest BCUT2D eigenvalue weighted by Gasteiger charge is -2.08. The van der Waals surface area contributed by atoms with Crippen molar-refractivity contribution in [3.63, 3.8) is 0 Å². The Morgan fingerprint density at radius 3 is 2.58 bits per heavy atom. The summed E-state index contributed by atoms with van der Waals surface area (Å²) in [7, 11) is 0. The second-order valence-corrected chi connectivity index (χ2v) is 4.09. The van der Waals surface area contributed by atoms with Crippen molar-refractivity contribution in [2.24, 2.45) is 0 Å². The van der Waals surface area contributed by atoms with Crippen molar-refractivity contribution in [3.05, 3.63) is 48.0 Å². The third-order valence-electron chi connectivity index (χ3n) is 2.68. The molecule has 1 aromatic heterocycles. The van der Waals surface area contributed by atoms with E-state index in [4.69, 9.17) is 0 Å². The standard InChI is InChI=1S/C14H17FN4/c1-2-16-13-9-14(19-10-18-13)17-8-7-11-5-3-4-6-12(11)15/h3-6,9-10H,2,7-8H2,1H3,(H2,16,17,18,19). The molecule has 0 radical (unpaired) electrons. The zero-order valence-electron chi connectivity index (χ0n) is 10.9. The van der Waals surface area contributed by atoms with Crippen LogP contribution in [0.5, 0.6) is 0 Å². The number of rotatable bonds is 6. The van der Waals surface area contributed by atoms with Crippen molar-refractivity contribution >= 4 is 11.6 Å². The lowest BCUT2D eigenvalue weighted by Crippen LogP contribution is -2.08. The van der Waals surface area contributed by atoms with Gasteiger partial charge in [0.15, 0.2) is 0 Å². The Morgan fingerprint density at radius 1 is 1.11 bits per heavy atom. The van der Waals surface area contributed by atoms with E-state index in [1.807, 2.05) is 19.1 Å². The Kier molecular flexibility index (Phi) is 4.66. The van der Waals surface area contributed by atoms with E-state index in [0.717, 1.165) is 18.2 Å². The molecule has 0 fully saturated rings. The Morgan fingerprint density at radius 2 is 1.84 bits per heavy atom. The molecule has 0 spiro atoms. The van der Waals surface area contributed by atoms with Gasteiger partial charge in [0.25, 0.3) is 0 Å². The molecule has 2 N–H and O–H groups in total. The van der Waals surface area contributed by atoms with Crippen LogP contribution in [0.25, 0.3) is 0 Å². The minimum absolute atomic E-state index is 0.166. The molecule has 2 aromatic rings. The van der Waals surface area contributed by atoms with Gasteiger partial charge >= 0.3 is 0 Å². The highest BCUT2D eigenvalue weighted by atomic mass is 19.1. The topological polar surface area (TPSA) is 49.8 Å². The smallest absolute Gasteiger partial charge is 0.131 e. The van der Waals surface area contributed by atoms with Crippen molar-refractivity contribution in [2.75, 3.05) is 23.7 Å². The number of anilines is 2. The van der Waals surface area contributed by atoms with E-state index in [1.54, 1.807) is 12.1 Å². The van der Waals surface area contributed by atoms with Gasteiger partial charge in [0.2, 0.25) is 0 Å². The normalized spacial score (nSPS) is 10.2. The van der Waals surface area contributed by atoms with Gasteiger partial charge in [-0.3, -0.25) is 0 Å². The first kappa shape index (κ1) is 13.3. The summed E-state index contributed by atoms with van der Waals surface area (Å²) in [5.74, 6) is 1.36. The van der Waals surface area contributed by atoms with Gasteiger partial charge in [-0.1, -0.05) is 18.2 Å². The van der Waals surface area contributed by atoms with Gasteiger partial charge in [-0.15, -0.1) is 0 Å². The summed E-state index contributed by atoms with van der Waals surface area (Å²) in [6, 6.07) is 8.64. The van der Waals surface area contributed by atoms with Gasteiger partial charge in [0.05, 0.1) is 0 Å². The molecule has 1 aromatic carbocycles. The summed E-state index contributed by atoms with van der Waals surface area (Å²) < 4.78 is 13.4. The lowest BCUT2D eigenvalue weighted by molar-refractivity contribution is 0.610. The van der Waals surface area contributed by atoms with Crippen molar-refractivity contribution in [1.29, 1.82) is 0 Å². The van der Waals surface area contributed by atoms with Gasteiger partial charge in [-0.05, 0) is 25.0 Å². The van der Waals surface area contributed by atoms with Crippen molar-refractivity contribution in [1.82, 2.24) is 9.97 Å². The molecule has 19 heavy (non-hydrogen) atoms. The van der Waals surface area contributed by atoms with E-state index < -0.39 is 0 Å². The molecule has 100 valence electrons. The Balaban J connectivity index is 1.89. The number of benzene rings is 1. The van der Waals surface area contributed by atoms with E-state index >= 15 is 0 Å². The van der Waals surface area contributed by atoms with Crippen LogP contribution in [-0.4, -0.2) is 23.1 Å². The number of aromatic nitrogens is 2. The minimum atomic E-state index is -0.166. The Labute approximate surface area is 112 Å². The second kappa shape index (κ2) is 6.68. The number of nitrogens with one attached hydrogen (secondary N) is 2. The van der Waals surface area contributed by atoms with Gasteiger partial charge < -0.3 is 10.6 Å². The SMILES string of the molecule is CCNc1cc(NCCc2ccccc2F)ncn1. The van der Waals surface area contributed by atoms with Crippen LogP contribution >= 0.6 is 0 Å². The fourth-order valence-electron chi connectivity index (χ4n) is 1.76. The van der Waals surface area contributed by atoms with Crippen LogP contribution in [-0.2, 0) is 6.42 Å². The largest absolute Gasteiger partial charge is 0.370 e. The van der Waals surface area contributed by atoms with Crippen LogP contribution in [0.4, 0.5) is 16.0 Å². The highest BCUT2D eigenvalue weighted by Gasteiger charge is 2.01. The maximum Gasteiger partial charge on any atom is 0.131 e. The molecule has 0 aliphatic heterocycles. The highest BCUT2D eigenvalue weighted by molar-refractivity contribution is 5.46. The molecule has 0 amide bonds. The maximum absolute atomic E-state index is 13.4. The van der Waals surface area contributed by atoms with Crippen LogP contribution in [0.15, 0.2) is 36.7 Å². The molecule has 5 heteroatoms. The minimum Gasteiger partial charge on any atom is -0.370 e. The first-order valence-electron chi connectivity index (χ1n) is 6.33. The first-order valence-corrected chi connectivity index (χ1v) is 6.33. The van der Waals surface area contributed by atoms with Crippen molar-refractivity contribution < 1.29 is 4.39 Å². The average molecular weight is 260 g/mol. The Bertz CT molecular complexity index is 530. The third-order valence-corrected chi connectivity index (χ3v) is 2.68. The predicted molar refractivity (Wildman–Crippen MR) is 74.8 cm³/mol. The van der Waals surface area contributed by atoms with Crippen molar-refractivity contribution in [3.8, 4) is 0 Å². The molecular weight excluding hydrogens is 243 g/mol. The molecule has 4 nitrogen and oxygen atoms in total. The average Bonchev–Trinajstić information content (AvgIpc) is 2.42. The van der Waals surface area contributed by atoms with Crippen molar-refractivity contribution in [2.45, 2.75) is 13.3 Å². The van der Waals surface area contributed by atoms with Gasteiger partial charge in [-0.2, -0.15) is 0 Å². The quantitative estimate of drug-likeness (QED) is 0.838. The van der Waals surface area contributed by atoms with Crippen LogP contribution < -0.4 is 10.6 Å². The number of nitrogens with zero attached hydrogens (tertiary/aromatic N) is 2. The van der Waals surface area contributed by atoms with E-state index in [2.05, 4.69) is 20.6 Å². The van der Waals surface area contributed by atoms with Crippen LogP contribution in [0.2, 0.25) is 0 Å². The van der Waals surface area contributed by atoms with Crippen LogP contribution in [0, 0.1) is 5.82 Å². The summed E-state index contributed by atoms with van der Waals surface area (Å²) in [5, 5.41) is 6.28. The summed E-state index contributed by atoms with van der Waals surface area (Å²) in [6.45, 7) is 3.45. The summed E-state index contributed by atoms with van der Waals surface area (Å²) in [6.07, 6.45) is 2.12. The number of hydrogen-bond acceptors (Lipinski definition) is 4. The molecule has 0 aliphatic rings. The summed E-state index contributed by atoms with van der Waals surface area (Å²) >= 11 is 0.